The fourth-order valence-electron chi connectivity index (χ4n) is 5.14. The monoisotopic (exact) mass is 458 g/mol. The molecule has 33 heavy (non-hydrogen) atoms. The summed E-state index contributed by atoms with van der Waals surface area (Å²) >= 11 is 0. The van der Waals surface area contributed by atoms with E-state index in [4.69, 9.17) is 9.47 Å². The molecule has 0 saturated carbocycles. The summed E-state index contributed by atoms with van der Waals surface area (Å²) in [7, 11) is 1.71. The van der Waals surface area contributed by atoms with Gasteiger partial charge in [-0.1, -0.05) is 0 Å². The number of alkyl carbamates (subject to hydrolysis) is 1. The Kier molecular flexibility index (Phi) is 7.02. The van der Waals surface area contributed by atoms with Gasteiger partial charge < -0.3 is 24.6 Å². The lowest BCUT2D eigenvalue weighted by molar-refractivity contribution is -0.133. The summed E-state index contributed by atoms with van der Waals surface area (Å²) in [6, 6.07) is 6.82. The van der Waals surface area contributed by atoms with Crippen molar-refractivity contribution in [1.82, 2.24) is 15.1 Å². The smallest absolute Gasteiger partial charge is 0.407 e. The Hall–Kier alpha value is -2.48. The molecule has 2 amide bonds. The highest BCUT2D eigenvalue weighted by Crippen LogP contribution is 2.35. The van der Waals surface area contributed by atoms with Crippen LogP contribution in [0.1, 0.15) is 45.6 Å². The van der Waals surface area contributed by atoms with Crippen LogP contribution in [-0.4, -0.2) is 85.9 Å². The Labute approximate surface area is 197 Å². The molecule has 182 valence electrons. The Balaban J connectivity index is 1.23. The first-order chi connectivity index (χ1) is 15.7. The van der Waals surface area contributed by atoms with E-state index >= 15 is 0 Å². The van der Waals surface area contributed by atoms with Crippen molar-refractivity contribution in [3.63, 3.8) is 0 Å². The van der Waals surface area contributed by atoms with Crippen molar-refractivity contribution in [1.29, 1.82) is 0 Å². The van der Waals surface area contributed by atoms with Crippen molar-refractivity contribution in [3.8, 4) is 5.75 Å². The van der Waals surface area contributed by atoms with Crippen LogP contribution in [0.25, 0.3) is 0 Å². The molecule has 3 aliphatic heterocycles. The second-order valence-corrected chi connectivity index (χ2v) is 10.4. The normalized spacial score (nSPS) is 21.8. The molecule has 1 atom stereocenters. The number of rotatable bonds is 4. The van der Waals surface area contributed by atoms with Crippen molar-refractivity contribution in [3.05, 3.63) is 23.8 Å². The van der Waals surface area contributed by atoms with Gasteiger partial charge in [0.1, 0.15) is 11.4 Å². The number of nitrogens with zero attached hydrogens (tertiary/aromatic N) is 3. The number of carbonyl (C=O) groups excluding carboxylic acids is 2. The van der Waals surface area contributed by atoms with Crippen LogP contribution in [0.15, 0.2) is 18.2 Å². The van der Waals surface area contributed by atoms with Gasteiger partial charge in [-0.15, -0.1) is 0 Å². The Morgan fingerprint density at radius 3 is 2.55 bits per heavy atom. The lowest BCUT2D eigenvalue weighted by Crippen LogP contribution is -2.58. The minimum absolute atomic E-state index is 0.107. The maximum atomic E-state index is 13.0. The van der Waals surface area contributed by atoms with E-state index in [0.29, 0.717) is 12.6 Å². The molecule has 4 rings (SSSR count). The average molecular weight is 459 g/mol. The minimum atomic E-state index is -0.492. The minimum Gasteiger partial charge on any atom is -0.497 e. The SMILES string of the molecule is COc1ccc2c(c1)CC[C@H]1CN(C(=O)CN3CCC(NC(=O)OC(C)(C)C)CC3)CCN21. The van der Waals surface area contributed by atoms with Crippen LogP contribution in [-0.2, 0) is 16.0 Å². The second kappa shape index (κ2) is 9.79. The van der Waals surface area contributed by atoms with Gasteiger partial charge in [-0.05, 0) is 70.2 Å². The molecule has 1 aromatic carbocycles. The molecule has 3 aliphatic rings. The van der Waals surface area contributed by atoms with Crippen molar-refractivity contribution in [2.24, 2.45) is 0 Å². The van der Waals surface area contributed by atoms with E-state index in [2.05, 4.69) is 27.2 Å². The van der Waals surface area contributed by atoms with Gasteiger partial charge in [-0.3, -0.25) is 9.69 Å². The topological polar surface area (TPSA) is 74.3 Å². The van der Waals surface area contributed by atoms with E-state index in [0.717, 1.165) is 64.2 Å². The van der Waals surface area contributed by atoms with E-state index in [-0.39, 0.29) is 18.0 Å². The van der Waals surface area contributed by atoms with E-state index in [9.17, 15) is 9.59 Å². The van der Waals surface area contributed by atoms with Gasteiger partial charge in [0.05, 0.1) is 13.7 Å². The number of ether oxygens (including phenoxy) is 2. The number of piperidine rings is 1. The van der Waals surface area contributed by atoms with E-state index in [1.807, 2.05) is 31.7 Å². The molecular formula is C25H38N4O4. The van der Waals surface area contributed by atoms with Crippen molar-refractivity contribution >= 4 is 17.7 Å². The average Bonchev–Trinajstić information content (AvgIpc) is 2.78. The van der Waals surface area contributed by atoms with Gasteiger partial charge in [0, 0.05) is 50.5 Å². The molecule has 0 bridgehead atoms. The zero-order valence-electron chi connectivity index (χ0n) is 20.4. The molecule has 2 fully saturated rings. The fraction of sp³-hybridized carbons (Fsp3) is 0.680. The third-order valence-electron chi connectivity index (χ3n) is 6.85. The highest BCUT2D eigenvalue weighted by molar-refractivity contribution is 5.79. The summed E-state index contributed by atoms with van der Waals surface area (Å²) < 4.78 is 10.7. The molecule has 0 spiro atoms. The number of hydrogen-bond acceptors (Lipinski definition) is 6. The first-order valence-corrected chi connectivity index (χ1v) is 12.1. The fourth-order valence-corrected chi connectivity index (χ4v) is 5.14. The molecular weight excluding hydrogens is 420 g/mol. The van der Waals surface area contributed by atoms with Gasteiger partial charge in [0.15, 0.2) is 0 Å². The summed E-state index contributed by atoms with van der Waals surface area (Å²) in [5, 5.41) is 2.96. The molecule has 0 radical (unpaired) electrons. The number of hydrogen-bond donors (Lipinski definition) is 1. The van der Waals surface area contributed by atoms with E-state index in [1.165, 1.54) is 11.3 Å². The van der Waals surface area contributed by atoms with Gasteiger partial charge >= 0.3 is 6.09 Å². The van der Waals surface area contributed by atoms with Crippen molar-refractivity contribution in [2.45, 2.75) is 64.1 Å². The lowest BCUT2D eigenvalue weighted by atomic mass is 9.93. The van der Waals surface area contributed by atoms with Gasteiger partial charge in [0.25, 0.3) is 0 Å². The van der Waals surface area contributed by atoms with Crippen LogP contribution in [0, 0.1) is 0 Å². The zero-order chi connectivity index (χ0) is 23.6. The second-order valence-electron chi connectivity index (χ2n) is 10.4. The third-order valence-corrected chi connectivity index (χ3v) is 6.85. The van der Waals surface area contributed by atoms with Gasteiger partial charge in [0.2, 0.25) is 5.91 Å². The largest absolute Gasteiger partial charge is 0.497 e. The molecule has 2 saturated heterocycles. The van der Waals surface area contributed by atoms with Crippen LogP contribution < -0.4 is 15.0 Å². The Morgan fingerprint density at radius 1 is 1.09 bits per heavy atom. The van der Waals surface area contributed by atoms with Crippen LogP contribution in [0.2, 0.25) is 0 Å². The van der Waals surface area contributed by atoms with Crippen LogP contribution >= 0.6 is 0 Å². The Morgan fingerprint density at radius 2 is 1.85 bits per heavy atom. The summed E-state index contributed by atoms with van der Waals surface area (Å²) in [5.74, 6) is 1.12. The number of likely N-dealkylation sites (tertiary alicyclic amines) is 1. The highest BCUT2D eigenvalue weighted by Gasteiger charge is 2.34. The molecule has 3 heterocycles. The molecule has 0 aliphatic carbocycles. The summed E-state index contributed by atoms with van der Waals surface area (Å²) in [4.78, 5) is 31.8. The number of fused-ring (bicyclic) bond motifs is 3. The number of piperazine rings is 1. The lowest BCUT2D eigenvalue weighted by Gasteiger charge is -2.46. The highest BCUT2D eigenvalue weighted by atomic mass is 16.6. The van der Waals surface area contributed by atoms with Crippen LogP contribution in [0.3, 0.4) is 0 Å². The van der Waals surface area contributed by atoms with E-state index < -0.39 is 5.60 Å². The number of benzene rings is 1. The molecule has 1 N–H and O–H groups in total. The van der Waals surface area contributed by atoms with Crippen molar-refractivity contribution in [2.75, 3.05) is 51.3 Å². The molecule has 8 nitrogen and oxygen atoms in total. The maximum absolute atomic E-state index is 13.0. The van der Waals surface area contributed by atoms with Crippen molar-refractivity contribution < 1.29 is 19.1 Å². The summed E-state index contributed by atoms with van der Waals surface area (Å²) in [5.41, 5.74) is 2.14. The van der Waals surface area contributed by atoms with E-state index in [1.54, 1.807) is 7.11 Å². The zero-order valence-corrected chi connectivity index (χ0v) is 20.4. The summed E-state index contributed by atoms with van der Waals surface area (Å²) in [6.07, 6.45) is 3.40. The molecule has 0 unspecified atom stereocenters. The van der Waals surface area contributed by atoms with Gasteiger partial charge in [-0.25, -0.2) is 4.79 Å². The predicted molar refractivity (Wildman–Crippen MR) is 128 cm³/mol. The third kappa shape index (κ3) is 5.91. The number of amides is 2. The maximum Gasteiger partial charge on any atom is 0.407 e. The summed E-state index contributed by atoms with van der Waals surface area (Å²) in [6.45, 7) is 10.1. The van der Waals surface area contributed by atoms with Crippen LogP contribution in [0.4, 0.5) is 10.5 Å². The Bertz CT molecular complexity index is 860. The first-order valence-electron chi connectivity index (χ1n) is 12.1. The number of aryl methyl sites for hydroxylation is 1. The van der Waals surface area contributed by atoms with Gasteiger partial charge in [-0.2, -0.15) is 0 Å². The number of carbonyl (C=O) groups is 2. The molecule has 0 aromatic heterocycles. The quantitative estimate of drug-likeness (QED) is 0.748. The molecule has 8 heteroatoms. The predicted octanol–water partition coefficient (Wildman–Crippen LogP) is 2.65. The molecule has 1 aromatic rings. The number of nitrogens with one attached hydrogen (secondary N) is 1. The van der Waals surface area contributed by atoms with Crippen LogP contribution in [0.5, 0.6) is 5.75 Å². The standard InChI is InChI=1S/C25H38N4O4/c1-25(2,3)33-24(31)26-19-9-11-27(12-10-19)17-23(30)28-13-14-29-20(16-28)6-5-18-15-21(32-4)7-8-22(18)29/h7-8,15,19-20H,5-6,9-14,16-17H2,1-4H3,(H,26,31)/t20-/m0/s1. The number of methoxy groups -OCH3 is 1. The number of anilines is 1. The first kappa shape index (κ1) is 23.7.